The van der Waals surface area contributed by atoms with Crippen molar-refractivity contribution in [2.24, 2.45) is 11.7 Å². The van der Waals surface area contributed by atoms with Crippen LogP contribution in [0.1, 0.15) is 26.2 Å². The number of hydrogen-bond donors (Lipinski definition) is 1. The van der Waals surface area contributed by atoms with Gasteiger partial charge in [-0.1, -0.05) is 0 Å². The summed E-state index contributed by atoms with van der Waals surface area (Å²) in [5.41, 5.74) is 5.85. The number of sulfone groups is 1. The molecule has 2 aliphatic rings. The van der Waals surface area contributed by atoms with E-state index in [9.17, 15) is 13.2 Å². The molecule has 2 heterocycles. The Hall–Kier alpha value is -0.620. The number of nitrogens with zero attached hydrogens (tertiary/aromatic N) is 1. The minimum Gasteiger partial charge on any atom is -0.340 e. The Bertz CT molecular complexity index is 407. The van der Waals surface area contributed by atoms with E-state index in [0.717, 1.165) is 12.8 Å². The second kappa shape index (κ2) is 4.57. The molecular weight excluding hydrogens is 240 g/mol. The molecule has 0 saturated carbocycles. The molecule has 0 aromatic rings. The van der Waals surface area contributed by atoms with Crippen LogP contribution in [0.15, 0.2) is 0 Å². The largest absolute Gasteiger partial charge is 0.340 e. The molecule has 98 valence electrons. The first-order chi connectivity index (χ1) is 7.89. The van der Waals surface area contributed by atoms with Gasteiger partial charge in [-0.3, -0.25) is 4.79 Å². The Morgan fingerprint density at radius 2 is 2.06 bits per heavy atom. The first-order valence-electron chi connectivity index (χ1n) is 6.15. The third-order valence-corrected chi connectivity index (χ3v) is 5.55. The van der Waals surface area contributed by atoms with Crippen LogP contribution < -0.4 is 5.73 Å². The van der Waals surface area contributed by atoms with E-state index in [-0.39, 0.29) is 35.4 Å². The average molecular weight is 260 g/mol. The van der Waals surface area contributed by atoms with Crippen molar-refractivity contribution in [2.45, 2.75) is 38.3 Å². The maximum atomic E-state index is 12.2. The summed E-state index contributed by atoms with van der Waals surface area (Å²) in [5, 5.41) is 0. The first-order valence-corrected chi connectivity index (χ1v) is 7.97. The quantitative estimate of drug-likeness (QED) is 0.705. The van der Waals surface area contributed by atoms with Gasteiger partial charge in [0.2, 0.25) is 5.91 Å². The fourth-order valence-corrected chi connectivity index (χ4v) is 4.49. The van der Waals surface area contributed by atoms with E-state index in [4.69, 9.17) is 5.73 Å². The normalized spacial score (nSPS) is 37.1. The number of likely N-dealkylation sites (tertiary alicyclic amines) is 1. The zero-order valence-electron chi connectivity index (χ0n) is 10.1. The van der Waals surface area contributed by atoms with Crippen LogP contribution in [0, 0.1) is 5.92 Å². The van der Waals surface area contributed by atoms with E-state index in [2.05, 4.69) is 0 Å². The number of nitrogens with two attached hydrogens (primary N) is 1. The highest BCUT2D eigenvalue weighted by molar-refractivity contribution is 7.91. The minimum absolute atomic E-state index is 0.00507. The van der Waals surface area contributed by atoms with Crippen LogP contribution in [0.3, 0.4) is 0 Å². The summed E-state index contributed by atoms with van der Waals surface area (Å²) in [5.74, 6) is -0.131. The van der Waals surface area contributed by atoms with Crippen LogP contribution in [0.4, 0.5) is 0 Å². The van der Waals surface area contributed by atoms with E-state index in [1.165, 1.54) is 0 Å². The minimum atomic E-state index is -2.98. The third kappa shape index (κ3) is 2.80. The molecule has 0 aromatic heterocycles. The summed E-state index contributed by atoms with van der Waals surface area (Å²) in [6.45, 7) is 2.65. The van der Waals surface area contributed by atoms with Crippen LogP contribution in [0.2, 0.25) is 0 Å². The second-order valence-electron chi connectivity index (χ2n) is 5.27. The molecule has 2 rings (SSSR count). The maximum absolute atomic E-state index is 12.2. The van der Waals surface area contributed by atoms with E-state index in [0.29, 0.717) is 13.0 Å². The molecule has 0 aliphatic carbocycles. The predicted octanol–water partition coefficient (Wildman–Crippen LogP) is -0.241. The van der Waals surface area contributed by atoms with Gasteiger partial charge in [0.1, 0.15) is 0 Å². The van der Waals surface area contributed by atoms with Gasteiger partial charge >= 0.3 is 0 Å². The summed E-state index contributed by atoms with van der Waals surface area (Å²) < 4.78 is 22.7. The van der Waals surface area contributed by atoms with Crippen molar-refractivity contribution in [3.63, 3.8) is 0 Å². The highest BCUT2D eigenvalue weighted by atomic mass is 32.2. The van der Waals surface area contributed by atoms with Gasteiger partial charge in [-0.25, -0.2) is 8.42 Å². The Kier molecular flexibility index (Phi) is 3.45. The average Bonchev–Trinajstić information content (AvgIpc) is 2.58. The van der Waals surface area contributed by atoms with Crippen molar-refractivity contribution in [3.8, 4) is 0 Å². The van der Waals surface area contributed by atoms with Gasteiger partial charge in [0.05, 0.1) is 17.4 Å². The van der Waals surface area contributed by atoms with Crippen molar-refractivity contribution < 1.29 is 13.2 Å². The molecule has 3 unspecified atom stereocenters. The molecule has 0 aromatic carbocycles. The van der Waals surface area contributed by atoms with Gasteiger partial charge in [0, 0.05) is 18.6 Å². The lowest BCUT2D eigenvalue weighted by atomic mass is 9.96. The predicted molar refractivity (Wildman–Crippen MR) is 65.1 cm³/mol. The molecule has 3 atom stereocenters. The van der Waals surface area contributed by atoms with Crippen molar-refractivity contribution in [1.29, 1.82) is 0 Å². The maximum Gasteiger partial charge on any atom is 0.226 e. The van der Waals surface area contributed by atoms with Crippen LogP contribution >= 0.6 is 0 Å². The fraction of sp³-hybridized carbons (Fsp3) is 0.909. The summed E-state index contributed by atoms with van der Waals surface area (Å²) in [6, 6.07) is 0.302. The van der Waals surface area contributed by atoms with Crippen LogP contribution in [0.25, 0.3) is 0 Å². The van der Waals surface area contributed by atoms with Crippen LogP contribution in [-0.2, 0) is 14.6 Å². The molecule has 2 fully saturated rings. The highest BCUT2D eigenvalue weighted by Gasteiger charge is 2.37. The summed E-state index contributed by atoms with van der Waals surface area (Å²) in [4.78, 5) is 14.0. The summed E-state index contributed by atoms with van der Waals surface area (Å²) in [7, 11) is -2.98. The summed E-state index contributed by atoms with van der Waals surface area (Å²) >= 11 is 0. The Labute approximate surface area is 102 Å². The molecular formula is C11H20N2O3S. The van der Waals surface area contributed by atoms with E-state index in [1.807, 2.05) is 11.8 Å². The monoisotopic (exact) mass is 260 g/mol. The van der Waals surface area contributed by atoms with Crippen molar-refractivity contribution in [3.05, 3.63) is 0 Å². The molecule has 17 heavy (non-hydrogen) atoms. The molecule has 5 nitrogen and oxygen atoms in total. The Balaban J connectivity index is 2.01. The molecule has 2 aliphatic heterocycles. The molecule has 0 radical (unpaired) electrons. The molecule has 0 bridgehead atoms. The zero-order valence-corrected chi connectivity index (χ0v) is 10.9. The zero-order chi connectivity index (χ0) is 12.6. The van der Waals surface area contributed by atoms with Crippen LogP contribution in [-0.4, -0.2) is 49.4 Å². The van der Waals surface area contributed by atoms with Crippen molar-refractivity contribution in [2.75, 3.05) is 18.1 Å². The van der Waals surface area contributed by atoms with E-state index in [1.54, 1.807) is 0 Å². The third-order valence-electron chi connectivity index (χ3n) is 3.78. The molecule has 0 spiro atoms. The number of piperidine rings is 1. The highest BCUT2D eigenvalue weighted by Crippen LogP contribution is 2.24. The van der Waals surface area contributed by atoms with Gasteiger partial charge < -0.3 is 10.6 Å². The fourth-order valence-electron chi connectivity index (χ4n) is 2.76. The van der Waals surface area contributed by atoms with Gasteiger partial charge in [-0.15, -0.1) is 0 Å². The first kappa shape index (κ1) is 12.8. The lowest BCUT2D eigenvalue weighted by Gasteiger charge is -2.37. The molecule has 2 saturated heterocycles. The topological polar surface area (TPSA) is 80.5 Å². The number of rotatable bonds is 1. The van der Waals surface area contributed by atoms with Gasteiger partial charge in [0.25, 0.3) is 0 Å². The smallest absolute Gasteiger partial charge is 0.226 e. The number of carbonyl (C=O) groups excluding carboxylic acids is 1. The SMILES string of the molecule is CC1CC(N)CCN1C(=O)C1CCS(=O)(=O)C1. The van der Waals surface area contributed by atoms with Crippen LogP contribution in [0.5, 0.6) is 0 Å². The second-order valence-corrected chi connectivity index (χ2v) is 7.49. The molecule has 1 amide bonds. The van der Waals surface area contributed by atoms with Gasteiger partial charge in [0.15, 0.2) is 9.84 Å². The summed E-state index contributed by atoms with van der Waals surface area (Å²) in [6.07, 6.45) is 2.11. The Morgan fingerprint density at radius 3 is 2.59 bits per heavy atom. The van der Waals surface area contributed by atoms with E-state index < -0.39 is 9.84 Å². The molecule has 2 N–H and O–H groups in total. The van der Waals surface area contributed by atoms with Gasteiger partial charge in [-0.2, -0.15) is 0 Å². The van der Waals surface area contributed by atoms with Crippen molar-refractivity contribution >= 4 is 15.7 Å². The molecule has 6 heteroatoms. The number of carbonyl (C=O) groups is 1. The number of amides is 1. The lowest BCUT2D eigenvalue weighted by Crippen LogP contribution is -2.50. The number of hydrogen-bond acceptors (Lipinski definition) is 4. The van der Waals surface area contributed by atoms with Gasteiger partial charge in [-0.05, 0) is 26.2 Å². The standard InChI is InChI=1S/C11H20N2O3S/c1-8-6-10(12)2-4-13(8)11(14)9-3-5-17(15,16)7-9/h8-10H,2-7,12H2,1H3. The lowest BCUT2D eigenvalue weighted by molar-refractivity contribution is -0.138. The Morgan fingerprint density at radius 1 is 1.35 bits per heavy atom. The van der Waals surface area contributed by atoms with E-state index >= 15 is 0 Å². The van der Waals surface area contributed by atoms with Crippen molar-refractivity contribution in [1.82, 2.24) is 4.90 Å².